The molecule has 0 spiro atoms. The van der Waals surface area contributed by atoms with E-state index in [4.69, 9.17) is 0 Å². The Kier molecular flexibility index (Phi) is 5.47. The van der Waals surface area contributed by atoms with Gasteiger partial charge in [0, 0.05) is 17.8 Å². The van der Waals surface area contributed by atoms with Crippen molar-refractivity contribution >= 4 is 17.3 Å². The molecule has 0 saturated heterocycles. The third-order valence-corrected chi connectivity index (χ3v) is 3.87. The van der Waals surface area contributed by atoms with Gasteiger partial charge in [-0.3, -0.25) is 24.3 Å². The first kappa shape index (κ1) is 17.4. The number of hydrogen-bond acceptors (Lipinski definition) is 4. The Morgan fingerprint density at radius 3 is 2.50 bits per heavy atom. The van der Waals surface area contributed by atoms with E-state index in [0.717, 1.165) is 29.3 Å². The van der Waals surface area contributed by atoms with Crippen molar-refractivity contribution in [1.29, 1.82) is 0 Å². The van der Waals surface area contributed by atoms with E-state index in [1.54, 1.807) is 12.1 Å². The minimum Gasteiger partial charge on any atom is -0.325 e. The molecule has 0 aliphatic heterocycles. The molecule has 0 bridgehead atoms. The summed E-state index contributed by atoms with van der Waals surface area (Å²) in [6.45, 7) is 3.95. The van der Waals surface area contributed by atoms with Crippen molar-refractivity contribution in [3.05, 3.63) is 68.6 Å². The van der Waals surface area contributed by atoms with Crippen LogP contribution in [0.3, 0.4) is 0 Å². The molecule has 0 aliphatic rings. The zero-order valence-corrected chi connectivity index (χ0v) is 13.6. The topological polar surface area (TPSA) is 94.2 Å². The number of benzene rings is 1. The van der Waals surface area contributed by atoms with Gasteiger partial charge in [-0.2, -0.15) is 0 Å². The van der Waals surface area contributed by atoms with Crippen molar-refractivity contribution in [2.45, 2.75) is 32.7 Å². The minimum absolute atomic E-state index is 0.236. The highest BCUT2D eigenvalue weighted by Crippen LogP contribution is 2.20. The molecule has 0 fully saturated rings. The van der Waals surface area contributed by atoms with Crippen LogP contribution < -0.4 is 10.9 Å². The molecule has 1 N–H and O–H groups in total. The van der Waals surface area contributed by atoms with Crippen molar-refractivity contribution in [2.75, 3.05) is 5.32 Å². The third-order valence-electron chi connectivity index (χ3n) is 3.87. The fourth-order valence-electron chi connectivity index (χ4n) is 2.24. The fourth-order valence-corrected chi connectivity index (χ4v) is 2.24. The number of anilines is 1. The minimum atomic E-state index is -0.610. The lowest BCUT2D eigenvalue weighted by atomic mass is 9.99. The summed E-state index contributed by atoms with van der Waals surface area (Å²) in [5.41, 5.74) is 1.10. The Hall–Kier alpha value is -2.96. The molecule has 0 unspecified atom stereocenters. The van der Waals surface area contributed by atoms with Gasteiger partial charge in [0.2, 0.25) is 5.91 Å². The fraction of sp³-hybridized carbons (Fsp3) is 0.294. The van der Waals surface area contributed by atoms with E-state index < -0.39 is 16.4 Å². The summed E-state index contributed by atoms with van der Waals surface area (Å²) in [7, 11) is 0. The summed E-state index contributed by atoms with van der Waals surface area (Å²) in [5.74, 6) is 0.0204. The SMILES string of the molecule is CC[C@@H](C)c1ccc(NC(=O)Cn2cc([N+](=O)[O-])ccc2=O)cc1. The van der Waals surface area contributed by atoms with Gasteiger partial charge in [0.15, 0.2) is 0 Å². The molecule has 1 heterocycles. The van der Waals surface area contributed by atoms with E-state index in [1.807, 2.05) is 12.1 Å². The highest BCUT2D eigenvalue weighted by Gasteiger charge is 2.11. The standard InChI is InChI=1S/C17H19N3O4/c1-3-12(2)13-4-6-14(7-5-13)18-16(21)11-19-10-15(20(23)24)8-9-17(19)22/h4-10,12H,3,11H2,1-2H3,(H,18,21)/t12-/m1/s1. The highest BCUT2D eigenvalue weighted by molar-refractivity contribution is 5.90. The number of rotatable bonds is 6. The number of pyridine rings is 1. The number of aromatic nitrogens is 1. The van der Waals surface area contributed by atoms with Gasteiger partial charge in [0.1, 0.15) is 6.54 Å². The lowest BCUT2D eigenvalue weighted by Gasteiger charge is -2.11. The molecule has 2 rings (SSSR count). The van der Waals surface area contributed by atoms with Crippen LogP contribution in [0.2, 0.25) is 0 Å². The van der Waals surface area contributed by atoms with Gasteiger partial charge in [-0.1, -0.05) is 26.0 Å². The highest BCUT2D eigenvalue weighted by atomic mass is 16.6. The molecule has 1 amide bonds. The Balaban J connectivity index is 2.07. The average Bonchev–Trinajstić information content (AvgIpc) is 2.56. The summed E-state index contributed by atoms with van der Waals surface area (Å²) in [6, 6.07) is 9.69. The molecule has 7 nitrogen and oxygen atoms in total. The Morgan fingerprint density at radius 2 is 1.92 bits per heavy atom. The lowest BCUT2D eigenvalue weighted by Crippen LogP contribution is -2.26. The number of hydrogen-bond donors (Lipinski definition) is 1. The zero-order chi connectivity index (χ0) is 17.7. The van der Waals surface area contributed by atoms with E-state index in [2.05, 4.69) is 19.2 Å². The van der Waals surface area contributed by atoms with Crippen LogP contribution in [0.1, 0.15) is 31.7 Å². The van der Waals surface area contributed by atoms with Crippen LogP contribution in [-0.2, 0) is 11.3 Å². The van der Waals surface area contributed by atoms with Crippen molar-refractivity contribution in [1.82, 2.24) is 4.57 Å². The van der Waals surface area contributed by atoms with Gasteiger partial charge in [-0.05, 0) is 30.0 Å². The predicted octanol–water partition coefficient (Wildman–Crippen LogP) is 2.91. The van der Waals surface area contributed by atoms with Gasteiger partial charge in [-0.25, -0.2) is 0 Å². The van der Waals surface area contributed by atoms with E-state index in [1.165, 1.54) is 5.56 Å². The summed E-state index contributed by atoms with van der Waals surface area (Å²) in [5, 5.41) is 13.4. The first-order valence-electron chi connectivity index (χ1n) is 7.65. The Bertz CT molecular complexity index is 796. The largest absolute Gasteiger partial charge is 0.325 e. The second kappa shape index (κ2) is 7.54. The lowest BCUT2D eigenvalue weighted by molar-refractivity contribution is -0.385. The van der Waals surface area contributed by atoms with Gasteiger partial charge >= 0.3 is 0 Å². The molecular formula is C17H19N3O4. The third kappa shape index (κ3) is 4.28. The van der Waals surface area contributed by atoms with Crippen molar-refractivity contribution in [3.8, 4) is 0 Å². The maximum Gasteiger partial charge on any atom is 0.285 e. The number of nitrogens with zero attached hydrogens (tertiary/aromatic N) is 2. The molecule has 0 aliphatic carbocycles. The molecule has 7 heteroatoms. The van der Waals surface area contributed by atoms with Crippen LogP contribution in [0.15, 0.2) is 47.4 Å². The molecule has 126 valence electrons. The predicted molar refractivity (Wildman–Crippen MR) is 91.1 cm³/mol. The monoisotopic (exact) mass is 329 g/mol. The number of carbonyl (C=O) groups excluding carboxylic acids is 1. The molecule has 0 saturated carbocycles. The summed E-state index contributed by atoms with van der Waals surface area (Å²) in [4.78, 5) is 33.9. The second-order valence-electron chi connectivity index (χ2n) is 5.59. The number of amides is 1. The van der Waals surface area contributed by atoms with Crippen LogP contribution in [0.25, 0.3) is 0 Å². The summed E-state index contributed by atoms with van der Waals surface area (Å²) < 4.78 is 1.01. The summed E-state index contributed by atoms with van der Waals surface area (Å²) >= 11 is 0. The number of nitro groups is 1. The molecular weight excluding hydrogens is 310 g/mol. The van der Waals surface area contributed by atoms with Gasteiger partial charge in [0.25, 0.3) is 11.2 Å². The van der Waals surface area contributed by atoms with Crippen molar-refractivity contribution < 1.29 is 9.72 Å². The van der Waals surface area contributed by atoms with Crippen LogP contribution in [0.4, 0.5) is 11.4 Å². The van der Waals surface area contributed by atoms with Crippen LogP contribution in [-0.4, -0.2) is 15.4 Å². The van der Waals surface area contributed by atoms with Gasteiger partial charge in [-0.15, -0.1) is 0 Å². The van der Waals surface area contributed by atoms with E-state index >= 15 is 0 Å². The number of nitrogens with one attached hydrogen (secondary N) is 1. The maximum atomic E-state index is 12.0. The first-order valence-corrected chi connectivity index (χ1v) is 7.65. The number of carbonyl (C=O) groups is 1. The van der Waals surface area contributed by atoms with Gasteiger partial charge in [0.05, 0.1) is 11.1 Å². The van der Waals surface area contributed by atoms with Crippen molar-refractivity contribution in [3.63, 3.8) is 0 Å². The van der Waals surface area contributed by atoms with E-state index in [0.29, 0.717) is 11.6 Å². The first-order chi connectivity index (χ1) is 11.4. The normalized spacial score (nSPS) is 11.8. The molecule has 24 heavy (non-hydrogen) atoms. The smallest absolute Gasteiger partial charge is 0.285 e. The molecule has 1 aromatic heterocycles. The Labute approximate surface area is 139 Å². The van der Waals surface area contributed by atoms with Crippen LogP contribution in [0.5, 0.6) is 0 Å². The van der Waals surface area contributed by atoms with E-state index in [9.17, 15) is 19.7 Å². The van der Waals surface area contributed by atoms with Crippen molar-refractivity contribution in [2.24, 2.45) is 0 Å². The quantitative estimate of drug-likeness (QED) is 0.651. The second-order valence-corrected chi connectivity index (χ2v) is 5.59. The molecule has 1 aromatic carbocycles. The summed E-state index contributed by atoms with van der Waals surface area (Å²) in [6.07, 6.45) is 2.09. The average molecular weight is 329 g/mol. The molecule has 2 aromatic rings. The zero-order valence-electron chi connectivity index (χ0n) is 13.6. The van der Waals surface area contributed by atoms with E-state index in [-0.39, 0.29) is 12.2 Å². The molecule has 0 radical (unpaired) electrons. The Morgan fingerprint density at radius 1 is 1.25 bits per heavy atom. The maximum absolute atomic E-state index is 12.0. The van der Waals surface area contributed by atoms with Crippen LogP contribution in [0, 0.1) is 10.1 Å². The molecule has 1 atom stereocenters. The van der Waals surface area contributed by atoms with Gasteiger partial charge < -0.3 is 5.32 Å². The van der Waals surface area contributed by atoms with Crippen LogP contribution >= 0.6 is 0 Å².